The van der Waals surface area contributed by atoms with Crippen LogP contribution in [-0.4, -0.2) is 36.0 Å². The van der Waals surface area contributed by atoms with Crippen LogP contribution >= 0.6 is 0 Å². The molecule has 0 radical (unpaired) electrons. The lowest BCUT2D eigenvalue weighted by molar-refractivity contribution is -0.123. The molecule has 0 unspecified atom stereocenters. The van der Waals surface area contributed by atoms with Gasteiger partial charge in [0.05, 0.1) is 0 Å². The summed E-state index contributed by atoms with van der Waals surface area (Å²) in [6, 6.07) is 12.9. The molecule has 1 aliphatic heterocycles. The summed E-state index contributed by atoms with van der Waals surface area (Å²) in [6.07, 6.45) is 0. The normalized spacial score (nSPS) is 17.4. The van der Waals surface area contributed by atoms with Gasteiger partial charge in [-0.3, -0.25) is 4.79 Å². The van der Waals surface area contributed by atoms with Crippen molar-refractivity contribution < 1.29 is 9.59 Å². The van der Waals surface area contributed by atoms with Crippen molar-refractivity contribution in [1.29, 1.82) is 0 Å². The van der Waals surface area contributed by atoms with Crippen LogP contribution in [0.3, 0.4) is 0 Å². The molecule has 0 aliphatic carbocycles. The first kappa shape index (κ1) is 18.0. The molecular formula is C21H25N3O2. The molecular weight excluding hydrogens is 326 g/mol. The highest BCUT2D eigenvalue weighted by atomic mass is 16.2. The molecule has 0 bridgehead atoms. The molecule has 3 amide bonds. The van der Waals surface area contributed by atoms with Crippen LogP contribution in [0.1, 0.15) is 23.6 Å². The van der Waals surface area contributed by atoms with Gasteiger partial charge in [-0.1, -0.05) is 23.8 Å². The second-order valence-corrected chi connectivity index (χ2v) is 6.92. The van der Waals surface area contributed by atoms with Crippen molar-refractivity contribution in [3.05, 3.63) is 59.2 Å². The van der Waals surface area contributed by atoms with Gasteiger partial charge in [-0.15, -0.1) is 0 Å². The van der Waals surface area contributed by atoms with E-state index in [1.54, 1.807) is 16.7 Å². The molecule has 136 valence electrons. The number of benzene rings is 2. The van der Waals surface area contributed by atoms with E-state index in [-0.39, 0.29) is 11.9 Å². The molecule has 2 aromatic rings. The molecule has 1 atom stereocenters. The first-order valence-electron chi connectivity index (χ1n) is 8.90. The van der Waals surface area contributed by atoms with Crippen molar-refractivity contribution in [2.24, 2.45) is 0 Å². The standard InChI is InChI=1S/C21H25N3O2/c1-14-5-8-18(9-6-14)22-21(26)23-11-12-24(20(25)17(23)4)19-10-7-15(2)16(3)13-19/h5-10,13,17H,11-12H2,1-4H3,(H,22,26)/t17-/m1/s1. The van der Waals surface area contributed by atoms with E-state index >= 15 is 0 Å². The largest absolute Gasteiger partial charge is 0.322 e. The highest BCUT2D eigenvalue weighted by molar-refractivity contribution is 6.01. The van der Waals surface area contributed by atoms with Gasteiger partial charge < -0.3 is 15.1 Å². The molecule has 26 heavy (non-hydrogen) atoms. The van der Waals surface area contributed by atoms with Crippen molar-refractivity contribution in [3.8, 4) is 0 Å². The number of amides is 3. The number of carbonyl (C=O) groups excluding carboxylic acids is 2. The number of aryl methyl sites for hydroxylation is 3. The van der Waals surface area contributed by atoms with Crippen LogP contribution in [-0.2, 0) is 4.79 Å². The number of urea groups is 1. The Kier molecular flexibility index (Phi) is 4.98. The summed E-state index contributed by atoms with van der Waals surface area (Å²) in [6.45, 7) is 8.86. The first-order chi connectivity index (χ1) is 12.4. The molecule has 1 heterocycles. The van der Waals surface area contributed by atoms with Gasteiger partial charge in [0.25, 0.3) is 0 Å². The predicted molar refractivity (Wildman–Crippen MR) is 105 cm³/mol. The smallest absolute Gasteiger partial charge is 0.311 e. The quantitative estimate of drug-likeness (QED) is 0.893. The Morgan fingerprint density at radius 2 is 1.69 bits per heavy atom. The Hall–Kier alpha value is -2.82. The van der Waals surface area contributed by atoms with Crippen LogP contribution < -0.4 is 10.2 Å². The van der Waals surface area contributed by atoms with Crippen molar-refractivity contribution in [1.82, 2.24) is 4.90 Å². The number of nitrogens with one attached hydrogen (secondary N) is 1. The fourth-order valence-corrected chi connectivity index (χ4v) is 3.13. The van der Waals surface area contributed by atoms with Gasteiger partial charge in [0, 0.05) is 24.5 Å². The second kappa shape index (κ2) is 7.20. The van der Waals surface area contributed by atoms with Crippen molar-refractivity contribution in [2.75, 3.05) is 23.3 Å². The van der Waals surface area contributed by atoms with E-state index in [2.05, 4.69) is 12.2 Å². The number of rotatable bonds is 2. The summed E-state index contributed by atoms with van der Waals surface area (Å²) in [5.41, 5.74) is 5.11. The van der Waals surface area contributed by atoms with Crippen molar-refractivity contribution in [3.63, 3.8) is 0 Å². The molecule has 5 heteroatoms. The third kappa shape index (κ3) is 3.57. The van der Waals surface area contributed by atoms with Gasteiger partial charge in [-0.2, -0.15) is 0 Å². The highest BCUT2D eigenvalue weighted by Gasteiger charge is 2.35. The van der Waals surface area contributed by atoms with E-state index in [0.717, 1.165) is 22.5 Å². The second-order valence-electron chi connectivity index (χ2n) is 6.92. The van der Waals surface area contributed by atoms with Gasteiger partial charge in [0.15, 0.2) is 0 Å². The molecule has 1 aliphatic rings. The lowest BCUT2D eigenvalue weighted by Crippen LogP contribution is -2.58. The average molecular weight is 351 g/mol. The van der Waals surface area contributed by atoms with Crippen LogP contribution in [0.4, 0.5) is 16.2 Å². The minimum absolute atomic E-state index is 0.0569. The number of hydrogen-bond acceptors (Lipinski definition) is 2. The average Bonchev–Trinajstić information content (AvgIpc) is 2.61. The van der Waals surface area contributed by atoms with Gasteiger partial charge in [0.2, 0.25) is 5.91 Å². The molecule has 2 aromatic carbocycles. The van der Waals surface area contributed by atoms with E-state index in [1.807, 2.05) is 56.3 Å². The number of piperazine rings is 1. The molecule has 1 saturated heterocycles. The predicted octanol–water partition coefficient (Wildman–Crippen LogP) is 3.88. The van der Waals surface area contributed by atoms with Gasteiger partial charge in [-0.05, 0) is 63.1 Å². The molecule has 5 nitrogen and oxygen atoms in total. The summed E-state index contributed by atoms with van der Waals surface area (Å²) in [7, 11) is 0. The summed E-state index contributed by atoms with van der Waals surface area (Å²) >= 11 is 0. The van der Waals surface area contributed by atoms with Gasteiger partial charge in [-0.25, -0.2) is 4.79 Å². The summed E-state index contributed by atoms with van der Waals surface area (Å²) in [4.78, 5) is 28.8. The van der Waals surface area contributed by atoms with E-state index in [4.69, 9.17) is 0 Å². The highest BCUT2D eigenvalue weighted by Crippen LogP contribution is 2.23. The Bertz CT molecular complexity index is 830. The molecule has 0 saturated carbocycles. The lowest BCUT2D eigenvalue weighted by Gasteiger charge is -2.39. The Morgan fingerprint density at radius 3 is 2.35 bits per heavy atom. The lowest BCUT2D eigenvalue weighted by atomic mass is 10.1. The summed E-state index contributed by atoms with van der Waals surface area (Å²) in [5, 5.41) is 2.88. The Labute approximate surface area is 154 Å². The number of hydrogen-bond donors (Lipinski definition) is 1. The minimum Gasteiger partial charge on any atom is -0.311 e. The molecule has 0 spiro atoms. The fourth-order valence-electron chi connectivity index (χ4n) is 3.13. The summed E-state index contributed by atoms with van der Waals surface area (Å²) < 4.78 is 0. The van der Waals surface area contributed by atoms with E-state index < -0.39 is 6.04 Å². The topological polar surface area (TPSA) is 52.7 Å². The van der Waals surface area contributed by atoms with Crippen LogP contribution in [0.15, 0.2) is 42.5 Å². The van der Waals surface area contributed by atoms with E-state index in [1.165, 1.54) is 5.56 Å². The van der Waals surface area contributed by atoms with Crippen molar-refractivity contribution >= 4 is 23.3 Å². The van der Waals surface area contributed by atoms with Crippen LogP contribution in [0, 0.1) is 20.8 Å². The van der Waals surface area contributed by atoms with E-state index in [0.29, 0.717) is 13.1 Å². The first-order valence-corrected chi connectivity index (χ1v) is 8.90. The maximum absolute atomic E-state index is 12.8. The van der Waals surface area contributed by atoms with Crippen LogP contribution in [0.25, 0.3) is 0 Å². The minimum atomic E-state index is -0.504. The SMILES string of the molecule is Cc1ccc(NC(=O)N2CCN(c3ccc(C)c(C)c3)C(=O)[C@H]2C)cc1. The zero-order chi connectivity index (χ0) is 18.8. The number of carbonyl (C=O) groups is 2. The third-order valence-corrected chi connectivity index (χ3v) is 5.02. The molecule has 1 N–H and O–H groups in total. The van der Waals surface area contributed by atoms with Gasteiger partial charge >= 0.3 is 6.03 Å². The molecule has 1 fully saturated rings. The number of anilines is 2. The van der Waals surface area contributed by atoms with Crippen LogP contribution in [0.5, 0.6) is 0 Å². The number of nitrogens with zero attached hydrogens (tertiary/aromatic N) is 2. The zero-order valence-electron chi connectivity index (χ0n) is 15.7. The fraction of sp³-hybridized carbons (Fsp3) is 0.333. The Morgan fingerprint density at radius 1 is 1.00 bits per heavy atom. The summed E-state index contributed by atoms with van der Waals surface area (Å²) in [5.74, 6) is -0.0569. The van der Waals surface area contributed by atoms with Gasteiger partial charge in [0.1, 0.15) is 6.04 Å². The molecule has 3 rings (SSSR count). The van der Waals surface area contributed by atoms with E-state index in [9.17, 15) is 9.59 Å². The molecule has 0 aromatic heterocycles. The Balaban J connectivity index is 1.71. The monoisotopic (exact) mass is 351 g/mol. The third-order valence-electron chi connectivity index (χ3n) is 5.02. The maximum atomic E-state index is 12.8. The van der Waals surface area contributed by atoms with Crippen molar-refractivity contribution in [2.45, 2.75) is 33.7 Å². The zero-order valence-corrected chi connectivity index (χ0v) is 15.7. The maximum Gasteiger partial charge on any atom is 0.322 e. The van der Waals surface area contributed by atoms with Crippen LogP contribution in [0.2, 0.25) is 0 Å².